The maximum Gasteiger partial charge on any atom is 0.253 e. The van der Waals surface area contributed by atoms with Gasteiger partial charge < -0.3 is 14.6 Å². The first-order chi connectivity index (χ1) is 11.6. The van der Waals surface area contributed by atoms with Gasteiger partial charge in [-0.3, -0.25) is 9.69 Å². The molecule has 0 radical (unpaired) electrons. The van der Waals surface area contributed by atoms with E-state index < -0.39 is 0 Å². The molecule has 0 amide bonds. The SMILES string of the molecule is COc1cc(NC2CCN(Cc3cc(=O)n(C)cn3)CC2)ncn1. The van der Waals surface area contributed by atoms with E-state index >= 15 is 0 Å². The molecule has 0 unspecified atom stereocenters. The van der Waals surface area contributed by atoms with Gasteiger partial charge in [0.05, 0.1) is 19.1 Å². The van der Waals surface area contributed by atoms with E-state index in [4.69, 9.17) is 4.74 Å². The highest BCUT2D eigenvalue weighted by Crippen LogP contribution is 2.18. The number of ether oxygens (including phenoxy) is 1. The number of likely N-dealkylation sites (tertiary alicyclic amines) is 1. The first kappa shape index (κ1) is 16.4. The molecule has 0 spiro atoms. The van der Waals surface area contributed by atoms with Gasteiger partial charge in [0.1, 0.15) is 12.1 Å². The minimum Gasteiger partial charge on any atom is -0.481 e. The van der Waals surface area contributed by atoms with Crippen molar-refractivity contribution in [2.45, 2.75) is 25.4 Å². The molecule has 1 aliphatic heterocycles. The molecule has 8 heteroatoms. The molecule has 1 aliphatic rings. The van der Waals surface area contributed by atoms with Crippen LogP contribution in [0.1, 0.15) is 18.5 Å². The first-order valence-electron chi connectivity index (χ1n) is 8.00. The molecule has 0 atom stereocenters. The highest BCUT2D eigenvalue weighted by atomic mass is 16.5. The Morgan fingerprint density at radius 3 is 2.75 bits per heavy atom. The van der Waals surface area contributed by atoms with E-state index in [9.17, 15) is 4.79 Å². The number of hydrogen-bond acceptors (Lipinski definition) is 7. The van der Waals surface area contributed by atoms with Gasteiger partial charge in [0.25, 0.3) is 5.56 Å². The fourth-order valence-electron chi connectivity index (χ4n) is 2.79. The summed E-state index contributed by atoms with van der Waals surface area (Å²) in [6.45, 7) is 2.62. The Morgan fingerprint density at radius 1 is 1.25 bits per heavy atom. The molecule has 3 rings (SSSR count). The molecule has 0 bridgehead atoms. The molecule has 2 aromatic heterocycles. The van der Waals surface area contributed by atoms with Crippen molar-refractivity contribution in [1.82, 2.24) is 24.4 Å². The van der Waals surface area contributed by atoms with Crippen molar-refractivity contribution in [2.75, 3.05) is 25.5 Å². The molecule has 0 aromatic carbocycles. The lowest BCUT2D eigenvalue weighted by Crippen LogP contribution is -2.39. The predicted molar refractivity (Wildman–Crippen MR) is 90.0 cm³/mol. The third kappa shape index (κ3) is 4.08. The van der Waals surface area contributed by atoms with E-state index in [-0.39, 0.29) is 5.56 Å². The third-order valence-corrected chi connectivity index (χ3v) is 4.21. The van der Waals surface area contributed by atoms with Crippen molar-refractivity contribution < 1.29 is 4.74 Å². The minimum atomic E-state index is -0.0192. The number of nitrogens with one attached hydrogen (secondary N) is 1. The van der Waals surface area contributed by atoms with Crippen molar-refractivity contribution in [2.24, 2.45) is 7.05 Å². The zero-order valence-corrected chi connectivity index (χ0v) is 14.0. The van der Waals surface area contributed by atoms with E-state index in [1.54, 1.807) is 32.6 Å². The number of methoxy groups -OCH3 is 1. The molecule has 24 heavy (non-hydrogen) atoms. The molecule has 0 aliphatic carbocycles. The summed E-state index contributed by atoms with van der Waals surface area (Å²) in [7, 11) is 3.30. The molecule has 3 heterocycles. The van der Waals surface area contributed by atoms with E-state index in [0.29, 0.717) is 18.5 Å². The third-order valence-electron chi connectivity index (χ3n) is 4.21. The van der Waals surface area contributed by atoms with Gasteiger partial charge in [-0.2, -0.15) is 0 Å². The number of rotatable bonds is 5. The number of aromatic nitrogens is 4. The van der Waals surface area contributed by atoms with E-state index in [0.717, 1.165) is 37.4 Å². The summed E-state index contributed by atoms with van der Waals surface area (Å²) in [6, 6.07) is 3.78. The smallest absolute Gasteiger partial charge is 0.253 e. The van der Waals surface area contributed by atoms with Crippen molar-refractivity contribution in [3.63, 3.8) is 0 Å². The number of piperidine rings is 1. The maximum absolute atomic E-state index is 11.7. The summed E-state index contributed by atoms with van der Waals surface area (Å²) in [5.74, 6) is 1.34. The summed E-state index contributed by atoms with van der Waals surface area (Å²) >= 11 is 0. The average Bonchev–Trinajstić information content (AvgIpc) is 2.60. The first-order valence-corrected chi connectivity index (χ1v) is 8.00. The van der Waals surface area contributed by atoms with E-state index in [1.165, 1.54) is 10.9 Å². The second-order valence-electron chi connectivity index (χ2n) is 5.97. The Kier molecular flexibility index (Phi) is 5.05. The zero-order valence-electron chi connectivity index (χ0n) is 14.0. The highest BCUT2D eigenvalue weighted by Gasteiger charge is 2.20. The van der Waals surface area contributed by atoms with Gasteiger partial charge in [0, 0.05) is 44.9 Å². The van der Waals surface area contributed by atoms with Crippen LogP contribution in [0.2, 0.25) is 0 Å². The van der Waals surface area contributed by atoms with Crippen molar-refractivity contribution in [3.05, 3.63) is 40.8 Å². The summed E-state index contributed by atoms with van der Waals surface area (Å²) in [6.07, 6.45) is 5.10. The highest BCUT2D eigenvalue weighted by molar-refractivity contribution is 5.38. The Labute approximate surface area is 140 Å². The number of nitrogens with zero attached hydrogens (tertiary/aromatic N) is 5. The van der Waals surface area contributed by atoms with Crippen molar-refractivity contribution >= 4 is 5.82 Å². The molecule has 8 nitrogen and oxygen atoms in total. The van der Waals surface area contributed by atoms with Crippen LogP contribution in [0, 0.1) is 0 Å². The molecular weight excluding hydrogens is 308 g/mol. The molecular formula is C16H22N6O2. The molecule has 0 saturated carbocycles. The van der Waals surface area contributed by atoms with Crippen LogP contribution < -0.4 is 15.6 Å². The van der Waals surface area contributed by atoms with Crippen LogP contribution in [0.15, 0.2) is 29.6 Å². The Balaban J connectivity index is 1.51. The van der Waals surface area contributed by atoms with Gasteiger partial charge >= 0.3 is 0 Å². The summed E-state index contributed by atoms with van der Waals surface area (Å²) in [5.41, 5.74) is 0.805. The van der Waals surface area contributed by atoms with Gasteiger partial charge in [0.15, 0.2) is 0 Å². The standard InChI is InChI=1S/C16H22N6O2/c1-21-11-19-13(7-16(21)23)9-22-5-3-12(4-6-22)20-14-8-15(24-2)18-10-17-14/h7-8,10-12H,3-6,9H2,1-2H3,(H,17,18,20). The lowest BCUT2D eigenvalue weighted by atomic mass is 10.0. The molecule has 1 fully saturated rings. The van der Waals surface area contributed by atoms with E-state index in [1.807, 2.05) is 0 Å². The molecule has 1 N–H and O–H groups in total. The normalized spacial score (nSPS) is 16.1. The topological polar surface area (TPSA) is 85.2 Å². The molecule has 1 saturated heterocycles. The summed E-state index contributed by atoms with van der Waals surface area (Å²) in [4.78, 5) is 26.5. The predicted octanol–water partition coefficient (Wildman–Crippen LogP) is 0.655. The Bertz CT molecular complexity index is 739. The van der Waals surface area contributed by atoms with E-state index in [2.05, 4.69) is 25.2 Å². The van der Waals surface area contributed by atoms with Crippen LogP contribution in [-0.4, -0.2) is 50.7 Å². The van der Waals surface area contributed by atoms with Crippen LogP contribution in [0.4, 0.5) is 5.82 Å². The lowest BCUT2D eigenvalue weighted by Gasteiger charge is -2.32. The van der Waals surface area contributed by atoms with Crippen molar-refractivity contribution in [1.29, 1.82) is 0 Å². The zero-order chi connectivity index (χ0) is 16.9. The van der Waals surface area contributed by atoms with Crippen LogP contribution in [0.3, 0.4) is 0 Å². The van der Waals surface area contributed by atoms with Crippen LogP contribution >= 0.6 is 0 Å². The average molecular weight is 330 g/mol. The lowest BCUT2D eigenvalue weighted by molar-refractivity contribution is 0.208. The van der Waals surface area contributed by atoms with Crippen LogP contribution in [0.5, 0.6) is 5.88 Å². The second-order valence-corrected chi connectivity index (χ2v) is 5.97. The second kappa shape index (κ2) is 7.39. The molecule has 128 valence electrons. The number of aryl methyl sites for hydroxylation is 1. The van der Waals surface area contributed by atoms with Gasteiger partial charge in [-0.25, -0.2) is 15.0 Å². The summed E-state index contributed by atoms with van der Waals surface area (Å²) < 4.78 is 6.59. The Hall–Kier alpha value is -2.48. The largest absolute Gasteiger partial charge is 0.481 e. The fourth-order valence-corrected chi connectivity index (χ4v) is 2.79. The van der Waals surface area contributed by atoms with Crippen molar-refractivity contribution in [3.8, 4) is 5.88 Å². The van der Waals surface area contributed by atoms with Gasteiger partial charge in [-0.05, 0) is 12.8 Å². The Morgan fingerprint density at radius 2 is 2.04 bits per heavy atom. The minimum absolute atomic E-state index is 0.0192. The summed E-state index contributed by atoms with van der Waals surface area (Å²) in [5, 5.41) is 3.43. The molecule has 2 aromatic rings. The maximum atomic E-state index is 11.7. The fraction of sp³-hybridized carbons (Fsp3) is 0.500. The van der Waals surface area contributed by atoms with Gasteiger partial charge in [-0.1, -0.05) is 0 Å². The van der Waals surface area contributed by atoms with Gasteiger partial charge in [-0.15, -0.1) is 0 Å². The van der Waals surface area contributed by atoms with Gasteiger partial charge in [0.2, 0.25) is 5.88 Å². The van der Waals surface area contributed by atoms with Crippen LogP contribution in [0.25, 0.3) is 0 Å². The quantitative estimate of drug-likeness (QED) is 0.862. The number of hydrogen-bond donors (Lipinski definition) is 1. The monoisotopic (exact) mass is 330 g/mol. The van der Waals surface area contributed by atoms with Crippen LogP contribution in [-0.2, 0) is 13.6 Å². The number of anilines is 1.